The molecule has 0 spiro atoms. The number of rotatable bonds is 3. The zero-order valence-corrected chi connectivity index (χ0v) is 16.2. The third kappa shape index (κ3) is 3.66. The highest BCUT2D eigenvalue weighted by atomic mass is 35.5. The maximum Gasteiger partial charge on any atom is 0.291 e. The van der Waals surface area contributed by atoms with Crippen LogP contribution in [0.5, 0.6) is 0 Å². The number of benzene rings is 2. The quantitative estimate of drug-likeness (QED) is 0.728. The van der Waals surface area contributed by atoms with E-state index in [0.29, 0.717) is 16.4 Å². The van der Waals surface area contributed by atoms with Gasteiger partial charge in [-0.25, -0.2) is 0 Å². The molecule has 5 nitrogen and oxygen atoms in total. The van der Waals surface area contributed by atoms with Gasteiger partial charge in [-0.05, 0) is 56.4 Å². The smallest absolute Gasteiger partial charge is 0.291 e. The molecule has 0 bridgehead atoms. The van der Waals surface area contributed by atoms with E-state index in [1.807, 2.05) is 37.3 Å². The molecule has 4 rings (SSSR count). The molecular formula is C21H22ClN3O2. The second kappa shape index (κ2) is 7.25. The van der Waals surface area contributed by atoms with Gasteiger partial charge in [0.25, 0.3) is 5.91 Å². The minimum absolute atomic E-state index is 0.257. The lowest BCUT2D eigenvalue weighted by molar-refractivity contribution is 0.0998. The van der Waals surface area contributed by atoms with Gasteiger partial charge in [-0.3, -0.25) is 4.79 Å². The number of likely N-dealkylation sites (N-methyl/N-ethyl adjacent to an activating group) is 1. The number of halogens is 1. The van der Waals surface area contributed by atoms with Crippen molar-refractivity contribution in [1.29, 1.82) is 0 Å². The summed E-state index contributed by atoms with van der Waals surface area (Å²) in [6, 6.07) is 13.3. The SMILES string of the molecule is Cc1c(C(=O)Nc2ccc(N3CCN(C)CC3)cc2)oc2ccc(Cl)cc12. The molecule has 1 aromatic heterocycles. The molecule has 1 N–H and O–H groups in total. The topological polar surface area (TPSA) is 48.7 Å². The van der Waals surface area contributed by atoms with E-state index in [2.05, 4.69) is 22.2 Å². The number of nitrogens with one attached hydrogen (secondary N) is 1. The summed E-state index contributed by atoms with van der Waals surface area (Å²) in [5.74, 6) is 0.0579. The molecule has 1 fully saturated rings. The Morgan fingerprint density at radius 3 is 2.48 bits per heavy atom. The van der Waals surface area contributed by atoms with Crippen LogP contribution < -0.4 is 10.2 Å². The van der Waals surface area contributed by atoms with Crippen LogP contribution in [0.25, 0.3) is 11.0 Å². The summed E-state index contributed by atoms with van der Waals surface area (Å²) < 4.78 is 5.73. The molecule has 0 radical (unpaired) electrons. The third-order valence-electron chi connectivity index (χ3n) is 5.10. The van der Waals surface area contributed by atoms with Crippen molar-refractivity contribution in [1.82, 2.24) is 4.90 Å². The van der Waals surface area contributed by atoms with E-state index in [4.69, 9.17) is 16.0 Å². The highest BCUT2D eigenvalue weighted by molar-refractivity contribution is 6.31. The number of amides is 1. The van der Waals surface area contributed by atoms with Gasteiger partial charge < -0.3 is 19.5 Å². The standard InChI is InChI=1S/C21H22ClN3O2/c1-14-18-13-15(22)3-8-19(18)27-20(14)21(26)23-16-4-6-17(7-5-16)25-11-9-24(2)10-12-25/h3-8,13H,9-12H2,1-2H3,(H,23,26). The number of aryl methyl sites for hydroxylation is 1. The Hall–Kier alpha value is -2.50. The highest BCUT2D eigenvalue weighted by Gasteiger charge is 2.18. The molecule has 6 heteroatoms. The molecule has 1 aliphatic rings. The number of carbonyl (C=O) groups is 1. The molecule has 27 heavy (non-hydrogen) atoms. The second-order valence-corrected chi connectivity index (χ2v) is 7.42. The molecule has 140 valence electrons. The summed E-state index contributed by atoms with van der Waals surface area (Å²) in [6.07, 6.45) is 0. The van der Waals surface area contributed by atoms with E-state index < -0.39 is 0 Å². The molecule has 0 unspecified atom stereocenters. The average molecular weight is 384 g/mol. The van der Waals surface area contributed by atoms with E-state index in [0.717, 1.165) is 42.8 Å². The maximum absolute atomic E-state index is 12.7. The number of fused-ring (bicyclic) bond motifs is 1. The minimum atomic E-state index is -0.257. The lowest BCUT2D eigenvalue weighted by Gasteiger charge is -2.34. The van der Waals surface area contributed by atoms with Crippen LogP contribution in [-0.2, 0) is 0 Å². The molecular weight excluding hydrogens is 362 g/mol. The average Bonchev–Trinajstić information content (AvgIpc) is 2.99. The third-order valence-corrected chi connectivity index (χ3v) is 5.33. The fourth-order valence-corrected chi connectivity index (χ4v) is 3.59. The van der Waals surface area contributed by atoms with Crippen LogP contribution in [0, 0.1) is 6.92 Å². The van der Waals surface area contributed by atoms with E-state index >= 15 is 0 Å². The van der Waals surface area contributed by atoms with Crippen LogP contribution in [0.15, 0.2) is 46.9 Å². The van der Waals surface area contributed by atoms with Gasteiger partial charge in [0.1, 0.15) is 5.58 Å². The first-order chi connectivity index (χ1) is 13.0. The van der Waals surface area contributed by atoms with Gasteiger partial charge >= 0.3 is 0 Å². The molecule has 1 aliphatic heterocycles. The molecule has 2 aromatic carbocycles. The molecule has 1 amide bonds. The fourth-order valence-electron chi connectivity index (χ4n) is 3.42. The first-order valence-electron chi connectivity index (χ1n) is 9.05. The van der Waals surface area contributed by atoms with Crippen LogP contribution in [0.3, 0.4) is 0 Å². The summed E-state index contributed by atoms with van der Waals surface area (Å²) in [4.78, 5) is 17.3. The summed E-state index contributed by atoms with van der Waals surface area (Å²) in [5.41, 5.74) is 3.37. The van der Waals surface area contributed by atoms with Crippen LogP contribution in [0.2, 0.25) is 5.02 Å². The first-order valence-corrected chi connectivity index (χ1v) is 9.42. The molecule has 1 saturated heterocycles. The van der Waals surface area contributed by atoms with E-state index in [1.165, 1.54) is 5.69 Å². The Morgan fingerprint density at radius 2 is 1.78 bits per heavy atom. The lowest BCUT2D eigenvalue weighted by atomic mass is 10.1. The van der Waals surface area contributed by atoms with Gasteiger partial charge in [0.05, 0.1) is 0 Å². The number of nitrogens with zero attached hydrogens (tertiary/aromatic N) is 2. The molecule has 0 aliphatic carbocycles. The van der Waals surface area contributed by atoms with E-state index in [1.54, 1.807) is 12.1 Å². The molecule has 2 heterocycles. The van der Waals surface area contributed by atoms with Crippen molar-refractivity contribution in [2.24, 2.45) is 0 Å². The number of piperazine rings is 1. The maximum atomic E-state index is 12.7. The van der Waals surface area contributed by atoms with Crippen LogP contribution in [-0.4, -0.2) is 44.0 Å². The van der Waals surface area contributed by atoms with Gasteiger partial charge in [0, 0.05) is 53.5 Å². The van der Waals surface area contributed by atoms with Gasteiger partial charge in [-0.15, -0.1) is 0 Å². The summed E-state index contributed by atoms with van der Waals surface area (Å²) in [5, 5.41) is 4.40. The Bertz CT molecular complexity index is 973. The van der Waals surface area contributed by atoms with Crippen molar-refractivity contribution >= 4 is 39.9 Å². The number of anilines is 2. The van der Waals surface area contributed by atoms with Crippen molar-refractivity contribution in [3.63, 3.8) is 0 Å². The zero-order chi connectivity index (χ0) is 19.0. The van der Waals surface area contributed by atoms with Crippen molar-refractivity contribution in [2.75, 3.05) is 43.4 Å². The predicted octanol–water partition coefficient (Wildman–Crippen LogP) is 4.40. The normalized spacial score (nSPS) is 15.3. The van der Waals surface area contributed by atoms with Gasteiger partial charge in [0.15, 0.2) is 5.76 Å². The van der Waals surface area contributed by atoms with Crippen molar-refractivity contribution < 1.29 is 9.21 Å². The lowest BCUT2D eigenvalue weighted by Crippen LogP contribution is -2.44. The number of carbonyl (C=O) groups excluding carboxylic acids is 1. The predicted molar refractivity (Wildman–Crippen MR) is 110 cm³/mol. The number of hydrogen-bond donors (Lipinski definition) is 1. The van der Waals surface area contributed by atoms with E-state index in [-0.39, 0.29) is 5.91 Å². The first kappa shape index (κ1) is 17.9. The van der Waals surface area contributed by atoms with Gasteiger partial charge in [-0.2, -0.15) is 0 Å². The van der Waals surface area contributed by atoms with Crippen LogP contribution in [0.1, 0.15) is 16.1 Å². The largest absolute Gasteiger partial charge is 0.451 e. The van der Waals surface area contributed by atoms with Crippen molar-refractivity contribution in [2.45, 2.75) is 6.92 Å². The Balaban J connectivity index is 1.49. The second-order valence-electron chi connectivity index (χ2n) is 6.99. The molecule has 0 atom stereocenters. The Morgan fingerprint density at radius 1 is 1.07 bits per heavy atom. The number of furan rings is 1. The van der Waals surface area contributed by atoms with Gasteiger partial charge in [0.2, 0.25) is 0 Å². The van der Waals surface area contributed by atoms with Gasteiger partial charge in [-0.1, -0.05) is 11.6 Å². The Kier molecular flexibility index (Phi) is 4.81. The van der Waals surface area contributed by atoms with Crippen molar-refractivity contribution in [3.05, 3.63) is 58.8 Å². The van der Waals surface area contributed by atoms with E-state index in [9.17, 15) is 4.79 Å². The fraction of sp³-hybridized carbons (Fsp3) is 0.286. The molecule has 0 saturated carbocycles. The minimum Gasteiger partial charge on any atom is -0.451 e. The number of hydrogen-bond acceptors (Lipinski definition) is 4. The summed E-state index contributed by atoms with van der Waals surface area (Å²) in [6.45, 7) is 6.03. The summed E-state index contributed by atoms with van der Waals surface area (Å²) >= 11 is 6.05. The molecule has 3 aromatic rings. The van der Waals surface area contributed by atoms with Crippen LogP contribution in [0.4, 0.5) is 11.4 Å². The highest BCUT2D eigenvalue weighted by Crippen LogP contribution is 2.28. The summed E-state index contributed by atoms with van der Waals surface area (Å²) in [7, 11) is 2.14. The van der Waals surface area contributed by atoms with Crippen molar-refractivity contribution in [3.8, 4) is 0 Å². The van der Waals surface area contributed by atoms with Crippen LogP contribution >= 0.6 is 11.6 Å². The Labute approximate surface area is 163 Å². The zero-order valence-electron chi connectivity index (χ0n) is 15.5. The monoisotopic (exact) mass is 383 g/mol.